The van der Waals surface area contributed by atoms with Gasteiger partial charge in [0.05, 0.1) is 0 Å². The first-order valence-corrected chi connectivity index (χ1v) is 9.75. The van der Waals surface area contributed by atoms with Crippen LogP contribution in [0.1, 0.15) is 45.3 Å². The SMILES string of the molecule is CCNC(=O)NC(=O)[C@@H](OC(=O)CN1C(=O)NC(CC)(CC)C1=O)c1ccccc1. The number of nitrogens with zero attached hydrogens (tertiary/aromatic N) is 1. The fourth-order valence-corrected chi connectivity index (χ4v) is 3.13. The van der Waals surface area contributed by atoms with Crippen LogP contribution in [0, 0.1) is 0 Å². The summed E-state index contributed by atoms with van der Waals surface area (Å²) in [5.74, 6) is -2.33. The standard InChI is InChI=1S/C20H26N4O6/c1-4-20(5-2)17(27)24(19(29)23-20)12-14(25)30-15(13-10-8-7-9-11-13)16(26)22-18(28)21-6-3/h7-11,15H,4-6,12H2,1-3H3,(H,23,29)(H2,21,22,26,28)/t15-/m0/s1. The third-order valence-corrected chi connectivity index (χ3v) is 4.90. The first kappa shape index (κ1) is 22.9. The minimum absolute atomic E-state index is 0.303. The molecule has 3 N–H and O–H groups in total. The number of carbonyl (C=O) groups excluding carboxylic acids is 5. The van der Waals surface area contributed by atoms with Crippen LogP contribution in [0.15, 0.2) is 30.3 Å². The zero-order chi connectivity index (χ0) is 22.3. The maximum atomic E-state index is 12.6. The van der Waals surface area contributed by atoms with Gasteiger partial charge in [-0.2, -0.15) is 0 Å². The lowest BCUT2D eigenvalue weighted by molar-refractivity contribution is -0.158. The average molecular weight is 418 g/mol. The van der Waals surface area contributed by atoms with Gasteiger partial charge in [-0.3, -0.25) is 24.6 Å². The molecule has 10 heteroatoms. The van der Waals surface area contributed by atoms with Crippen molar-refractivity contribution in [3.8, 4) is 0 Å². The van der Waals surface area contributed by atoms with E-state index >= 15 is 0 Å². The Labute approximate surface area is 174 Å². The zero-order valence-electron chi connectivity index (χ0n) is 17.2. The second-order valence-electron chi connectivity index (χ2n) is 6.74. The predicted molar refractivity (Wildman–Crippen MR) is 106 cm³/mol. The van der Waals surface area contributed by atoms with E-state index in [1.165, 1.54) is 0 Å². The second-order valence-corrected chi connectivity index (χ2v) is 6.74. The molecule has 2 rings (SSSR count). The van der Waals surface area contributed by atoms with E-state index < -0.39 is 48.0 Å². The number of carbonyl (C=O) groups is 5. The number of esters is 1. The highest BCUT2D eigenvalue weighted by Crippen LogP contribution is 2.25. The van der Waals surface area contributed by atoms with Crippen molar-refractivity contribution in [1.29, 1.82) is 0 Å². The van der Waals surface area contributed by atoms with E-state index in [9.17, 15) is 24.0 Å². The molecule has 10 nitrogen and oxygen atoms in total. The molecule has 1 heterocycles. The molecular weight excluding hydrogens is 392 g/mol. The van der Waals surface area contributed by atoms with Gasteiger partial charge in [0.15, 0.2) is 0 Å². The number of nitrogens with one attached hydrogen (secondary N) is 3. The quantitative estimate of drug-likeness (QED) is 0.429. The van der Waals surface area contributed by atoms with Gasteiger partial charge in [0.25, 0.3) is 11.8 Å². The number of ether oxygens (including phenoxy) is 1. The van der Waals surface area contributed by atoms with E-state index in [1.807, 2.05) is 0 Å². The van der Waals surface area contributed by atoms with Gasteiger partial charge in [-0.15, -0.1) is 0 Å². The molecule has 0 radical (unpaired) electrons. The summed E-state index contributed by atoms with van der Waals surface area (Å²) in [5.41, 5.74) is -0.715. The highest BCUT2D eigenvalue weighted by molar-refractivity contribution is 6.08. The molecule has 1 fully saturated rings. The molecule has 162 valence electrons. The van der Waals surface area contributed by atoms with Crippen molar-refractivity contribution in [2.75, 3.05) is 13.1 Å². The lowest BCUT2D eigenvalue weighted by atomic mass is 9.93. The Kier molecular flexibility index (Phi) is 7.51. The fourth-order valence-electron chi connectivity index (χ4n) is 3.13. The van der Waals surface area contributed by atoms with Crippen molar-refractivity contribution in [2.45, 2.75) is 45.3 Å². The van der Waals surface area contributed by atoms with E-state index in [2.05, 4.69) is 16.0 Å². The summed E-state index contributed by atoms with van der Waals surface area (Å²) in [6.07, 6.45) is -0.674. The molecule has 1 atom stereocenters. The lowest BCUT2D eigenvalue weighted by Gasteiger charge is -2.23. The van der Waals surface area contributed by atoms with Crippen molar-refractivity contribution >= 4 is 29.8 Å². The van der Waals surface area contributed by atoms with Gasteiger partial charge in [0.1, 0.15) is 12.1 Å². The van der Waals surface area contributed by atoms with Crippen LogP contribution in [0.4, 0.5) is 9.59 Å². The maximum Gasteiger partial charge on any atom is 0.327 e. The third-order valence-electron chi connectivity index (χ3n) is 4.90. The van der Waals surface area contributed by atoms with Crippen molar-refractivity contribution in [2.24, 2.45) is 0 Å². The molecule has 1 aromatic carbocycles. The molecule has 1 aliphatic rings. The highest BCUT2D eigenvalue weighted by Gasteiger charge is 2.49. The molecule has 1 aromatic rings. The smallest absolute Gasteiger partial charge is 0.327 e. The minimum atomic E-state index is -1.43. The molecule has 6 amide bonds. The Morgan fingerprint density at radius 2 is 1.73 bits per heavy atom. The molecule has 1 aliphatic heterocycles. The van der Waals surface area contributed by atoms with Crippen LogP contribution in [0.2, 0.25) is 0 Å². The molecule has 30 heavy (non-hydrogen) atoms. The van der Waals surface area contributed by atoms with Gasteiger partial charge in [-0.05, 0) is 19.8 Å². The molecule has 0 unspecified atom stereocenters. The van der Waals surface area contributed by atoms with E-state index in [1.54, 1.807) is 51.1 Å². The van der Waals surface area contributed by atoms with E-state index in [-0.39, 0.29) is 0 Å². The molecular formula is C20H26N4O6. The number of urea groups is 2. The molecule has 0 saturated carbocycles. The van der Waals surface area contributed by atoms with Gasteiger partial charge < -0.3 is 15.4 Å². The number of rotatable bonds is 8. The van der Waals surface area contributed by atoms with Crippen LogP contribution in [0.3, 0.4) is 0 Å². The number of hydrogen-bond acceptors (Lipinski definition) is 6. The zero-order valence-corrected chi connectivity index (χ0v) is 17.2. The second kappa shape index (κ2) is 9.86. The number of imide groups is 2. The largest absolute Gasteiger partial charge is 0.446 e. The number of amides is 6. The van der Waals surface area contributed by atoms with Crippen LogP contribution in [0.5, 0.6) is 0 Å². The van der Waals surface area contributed by atoms with Crippen molar-refractivity contribution < 1.29 is 28.7 Å². The number of hydrogen-bond donors (Lipinski definition) is 3. The molecule has 0 aromatic heterocycles. The Morgan fingerprint density at radius 1 is 1.10 bits per heavy atom. The summed E-state index contributed by atoms with van der Waals surface area (Å²) in [5, 5.41) is 7.13. The van der Waals surface area contributed by atoms with Crippen LogP contribution < -0.4 is 16.0 Å². The summed E-state index contributed by atoms with van der Waals surface area (Å²) in [4.78, 5) is 62.3. The average Bonchev–Trinajstić information content (AvgIpc) is 2.97. The summed E-state index contributed by atoms with van der Waals surface area (Å²) in [6.45, 7) is 4.87. The van der Waals surface area contributed by atoms with Crippen LogP contribution in [-0.4, -0.2) is 53.4 Å². The summed E-state index contributed by atoms with van der Waals surface area (Å²) in [6, 6.07) is 6.69. The van der Waals surface area contributed by atoms with Gasteiger partial charge >= 0.3 is 18.0 Å². The Morgan fingerprint density at radius 3 is 2.27 bits per heavy atom. The highest BCUT2D eigenvalue weighted by atomic mass is 16.5. The van der Waals surface area contributed by atoms with Crippen LogP contribution in [-0.2, 0) is 19.1 Å². The minimum Gasteiger partial charge on any atom is -0.446 e. The van der Waals surface area contributed by atoms with Gasteiger partial charge in [0, 0.05) is 12.1 Å². The van der Waals surface area contributed by atoms with Crippen LogP contribution in [0.25, 0.3) is 0 Å². The Bertz CT molecular complexity index is 822. The summed E-state index contributed by atoms with van der Waals surface area (Å²) >= 11 is 0. The summed E-state index contributed by atoms with van der Waals surface area (Å²) < 4.78 is 5.27. The maximum absolute atomic E-state index is 12.6. The monoisotopic (exact) mass is 418 g/mol. The van der Waals surface area contributed by atoms with E-state index in [0.717, 1.165) is 4.90 Å². The molecule has 1 saturated heterocycles. The first-order valence-electron chi connectivity index (χ1n) is 9.75. The van der Waals surface area contributed by atoms with Crippen LogP contribution >= 0.6 is 0 Å². The fraction of sp³-hybridized carbons (Fsp3) is 0.450. The van der Waals surface area contributed by atoms with E-state index in [0.29, 0.717) is 24.9 Å². The third kappa shape index (κ3) is 4.94. The topological polar surface area (TPSA) is 134 Å². The Hall–Kier alpha value is -3.43. The first-order chi connectivity index (χ1) is 14.3. The summed E-state index contributed by atoms with van der Waals surface area (Å²) in [7, 11) is 0. The predicted octanol–water partition coefficient (Wildman–Crippen LogP) is 1.23. The van der Waals surface area contributed by atoms with Gasteiger partial charge in [-0.25, -0.2) is 9.59 Å². The van der Waals surface area contributed by atoms with Crippen molar-refractivity contribution in [1.82, 2.24) is 20.9 Å². The molecule has 0 aliphatic carbocycles. The normalized spacial score (nSPS) is 15.9. The van der Waals surface area contributed by atoms with Crippen molar-refractivity contribution in [3.05, 3.63) is 35.9 Å². The van der Waals surface area contributed by atoms with Gasteiger partial charge in [0.2, 0.25) is 6.10 Å². The number of benzene rings is 1. The molecule has 0 spiro atoms. The van der Waals surface area contributed by atoms with Crippen molar-refractivity contribution in [3.63, 3.8) is 0 Å². The molecule has 0 bridgehead atoms. The Balaban J connectivity index is 2.15. The van der Waals surface area contributed by atoms with E-state index in [4.69, 9.17) is 4.74 Å². The van der Waals surface area contributed by atoms with Gasteiger partial charge in [-0.1, -0.05) is 44.2 Å². The lowest BCUT2D eigenvalue weighted by Crippen LogP contribution is -2.46.